The third-order valence-electron chi connectivity index (χ3n) is 7.70. The Morgan fingerprint density at radius 3 is 2.51 bits per heavy atom. The summed E-state index contributed by atoms with van der Waals surface area (Å²) >= 11 is 0. The normalized spacial score (nSPS) is 19.8. The van der Waals surface area contributed by atoms with Crippen molar-refractivity contribution in [3.05, 3.63) is 57.5 Å². The fourth-order valence-corrected chi connectivity index (χ4v) is 5.67. The van der Waals surface area contributed by atoms with Crippen LogP contribution in [0.15, 0.2) is 35.3 Å². The molecule has 0 aliphatic carbocycles. The van der Waals surface area contributed by atoms with Crippen molar-refractivity contribution in [2.24, 2.45) is 7.05 Å². The lowest BCUT2D eigenvalue weighted by Gasteiger charge is -2.49. The van der Waals surface area contributed by atoms with E-state index >= 15 is 0 Å². The number of hydrogen-bond acceptors (Lipinski definition) is 5. The molecule has 0 radical (unpaired) electrons. The first-order valence-electron chi connectivity index (χ1n) is 12.6. The van der Waals surface area contributed by atoms with Gasteiger partial charge in [-0.25, -0.2) is 0 Å². The second kappa shape index (κ2) is 10.2. The predicted molar refractivity (Wildman–Crippen MR) is 137 cm³/mol. The van der Waals surface area contributed by atoms with Crippen molar-refractivity contribution in [2.45, 2.75) is 71.4 Å². The van der Waals surface area contributed by atoms with E-state index in [4.69, 9.17) is 5.26 Å². The maximum Gasteiger partial charge on any atom is 0.416 e. The number of aromatic nitrogens is 3. The van der Waals surface area contributed by atoms with Crippen LogP contribution >= 0.6 is 0 Å². The van der Waals surface area contributed by atoms with Crippen LogP contribution in [0.1, 0.15) is 56.3 Å². The molecule has 3 aromatic rings. The van der Waals surface area contributed by atoms with Gasteiger partial charge in [0.1, 0.15) is 12.1 Å². The third-order valence-corrected chi connectivity index (χ3v) is 7.70. The Kier molecular flexibility index (Phi) is 7.38. The van der Waals surface area contributed by atoms with Gasteiger partial charge in [-0.15, -0.1) is 0 Å². The predicted octanol–water partition coefficient (Wildman–Crippen LogP) is 5.03. The monoisotopic (exact) mass is 514 g/mol. The molecule has 7 nitrogen and oxygen atoms in total. The minimum Gasteiger partial charge on any atom is -0.364 e. The molecular weight excluding hydrogens is 481 g/mol. The first kappa shape index (κ1) is 26.7. The van der Waals surface area contributed by atoms with E-state index in [-0.39, 0.29) is 29.8 Å². The Hall–Kier alpha value is -3.32. The summed E-state index contributed by atoms with van der Waals surface area (Å²) in [6.07, 6.45) is -1.24. The highest BCUT2D eigenvalue weighted by molar-refractivity contribution is 5.88. The molecule has 0 unspecified atom stereocenters. The van der Waals surface area contributed by atoms with Crippen LogP contribution in [-0.4, -0.2) is 44.4 Å². The number of benzene rings is 1. The molecule has 0 amide bonds. The van der Waals surface area contributed by atoms with Gasteiger partial charge in [0.05, 0.1) is 29.0 Å². The molecule has 198 valence electrons. The van der Waals surface area contributed by atoms with Crippen molar-refractivity contribution < 1.29 is 13.2 Å². The summed E-state index contributed by atoms with van der Waals surface area (Å²) < 4.78 is 45.1. The fraction of sp³-hybridized carbons (Fsp3) is 0.519. The van der Waals surface area contributed by atoms with Crippen LogP contribution in [0.2, 0.25) is 0 Å². The largest absolute Gasteiger partial charge is 0.416 e. The van der Waals surface area contributed by atoms with Gasteiger partial charge in [-0.05, 0) is 37.8 Å². The van der Waals surface area contributed by atoms with E-state index in [0.29, 0.717) is 35.4 Å². The van der Waals surface area contributed by atoms with Crippen molar-refractivity contribution in [1.29, 1.82) is 5.26 Å². The maximum absolute atomic E-state index is 14.0. The number of piperazine rings is 1. The van der Waals surface area contributed by atoms with E-state index in [0.717, 1.165) is 12.8 Å². The highest BCUT2D eigenvalue weighted by atomic mass is 19.4. The summed E-state index contributed by atoms with van der Waals surface area (Å²) in [6, 6.07) is 7.97. The second-order valence-corrected chi connectivity index (χ2v) is 9.83. The van der Waals surface area contributed by atoms with E-state index in [9.17, 15) is 18.0 Å². The van der Waals surface area contributed by atoms with Crippen molar-refractivity contribution in [2.75, 3.05) is 18.0 Å². The van der Waals surface area contributed by atoms with Gasteiger partial charge in [-0.3, -0.25) is 14.4 Å². The van der Waals surface area contributed by atoms with Gasteiger partial charge < -0.3 is 9.47 Å². The number of nitriles is 1. The number of pyridine rings is 1. The summed E-state index contributed by atoms with van der Waals surface area (Å²) in [5.41, 5.74) is 1.79. The van der Waals surface area contributed by atoms with Gasteiger partial charge in [0.25, 0.3) is 5.56 Å². The number of hydrogen-bond donors (Lipinski definition) is 0. The van der Waals surface area contributed by atoms with Crippen molar-refractivity contribution >= 4 is 16.7 Å². The minimum absolute atomic E-state index is 0.0270. The first-order chi connectivity index (χ1) is 17.5. The number of alkyl halides is 3. The zero-order chi connectivity index (χ0) is 27.1. The van der Waals surface area contributed by atoms with Crippen LogP contribution < -0.4 is 10.5 Å². The molecule has 3 heterocycles. The van der Waals surface area contributed by atoms with E-state index in [1.807, 2.05) is 20.8 Å². The van der Waals surface area contributed by atoms with Gasteiger partial charge in [-0.2, -0.15) is 23.5 Å². The Morgan fingerprint density at radius 1 is 1.19 bits per heavy atom. The number of halogens is 3. The molecule has 0 bridgehead atoms. The molecule has 1 saturated heterocycles. The Balaban J connectivity index is 1.76. The molecule has 10 heteroatoms. The molecule has 0 spiro atoms. The molecule has 1 aliphatic heterocycles. The first-order valence-corrected chi connectivity index (χ1v) is 12.6. The second-order valence-electron chi connectivity index (χ2n) is 9.83. The molecule has 1 fully saturated rings. The summed E-state index contributed by atoms with van der Waals surface area (Å²) in [4.78, 5) is 17.2. The lowest BCUT2D eigenvalue weighted by Crippen LogP contribution is -2.59. The lowest BCUT2D eigenvalue weighted by molar-refractivity contribution is -0.139. The van der Waals surface area contributed by atoms with Crippen molar-refractivity contribution in [1.82, 2.24) is 19.2 Å². The number of anilines is 1. The molecule has 1 aliphatic rings. The van der Waals surface area contributed by atoms with Gasteiger partial charge in [-0.1, -0.05) is 32.0 Å². The molecule has 3 atom stereocenters. The zero-order valence-electron chi connectivity index (χ0n) is 21.9. The lowest BCUT2D eigenvalue weighted by atomic mass is 9.92. The number of aryl methyl sites for hydroxylation is 2. The average Bonchev–Trinajstić information content (AvgIpc) is 3.28. The quantitative estimate of drug-likeness (QED) is 0.462. The summed E-state index contributed by atoms with van der Waals surface area (Å²) in [5, 5.41) is 13.7. The van der Waals surface area contributed by atoms with Crippen LogP contribution in [0.5, 0.6) is 0 Å². The van der Waals surface area contributed by atoms with Gasteiger partial charge in [0.15, 0.2) is 0 Å². The summed E-state index contributed by atoms with van der Waals surface area (Å²) in [5.74, 6) is 0. The highest BCUT2D eigenvalue weighted by Crippen LogP contribution is 2.40. The summed E-state index contributed by atoms with van der Waals surface area (Å²) in [6.45, 7) is 8.63. The number of rotatable bonds is 6. The molecule has 2 aromatic heterocycles. The topological polar surface area (TPSA) is 70.1 Å². The Morgan fingerprint density at radius 2 is 1.89 bits per heavy atom. The van der Waals surface area contributed by atoms with Crippen LogP contribution in [0.3, 0.4) is 0 Å². The van der Waals surface area contributed by atoms with Crippen molar-refractivity contribution in [3.8, 4) is 6.07 Å². The molecule has 1 aromatic carbocycles. The van der Waals surface area contributed by atoms with Crippen LogP contribution in [0.25, 0.3) is 11.0 Å². The van der Waals surface area contributed by atoms with E-state index in [1.54, 1.807) is 31.4 Å². The van der Waals surface area contributed by atoms with E-state index < -0.39 is 17.8 Å². The SMILES string of the molecule is CC[C@H]1CN([C@H](C)c2cccc(C)c2C(F)(F)F)[C@H](CC)CN1c1cc(=O)n(C)c2cn(CC#N)nc12. The van der Waals surface area contributed by atoms with Crippen LogP contribution in [0.4, 0.5) is 18.9 Å². The van der Waals surface area contributed by atoms with Crippen molar-refractivity contribution in [3.63, 3.8) is 0 Å². The smallest absolute Gasteiger partial charge is 0.364 e. The maximum atomic E-state index is 14.0. The molecule has 4 rings (SSSR count). The Bertz CT molecular complexity index is 1390. The molecule has 0 N–H and O–H groups in total. The fourth-order valence-electron chi connectivity index (χ4n) is 5.67. The molecule has 0 saturated carbocycles. The van der Waals surface area contributed by atoms with Gasteiger partial charge in [0.2, 0.25) is 0 Å². The zero-order valence-corrected chi connectivity index (χ0v) is 21.9. The van der Waals surface area contributed by atoms with E-state index in [1.165, 1.54) is 22.2 Å². The average molecular weight is 515 g/mol. The van der Waals surface area contributed by atoms with E-state index in [2.05, 4.69) is 21.0 Å². The van der Waals surface area contributed by atoms with Crippen LogP contribution in [-0.2, 0) is 19.8 Å². The van der Waals surface area contributed by atoms with Gasteiger partial charge >= 0.3 is 6.18 Å². The summed E-state index contributed by atoms with van der Waals surface area (Å²) in [7, 11) is 1.68. The molecular formula is C27H33F3N6O. The standard InChI is InChI=1S/C27H33F3N6O/c1-6-19-15-36(22-13-24(37)33(5)23-16-34(12-11-31)32-26(22)23)20(7-2)14-35(19)18(4)21-10-8-9-17(3)25(21)27(28,29)30/h8-10,13,16,18-20H,6-7,12,14-15H2,1-5H3/t18-,19-,20+/m1/s1. The number of fused-ring (bicyclic) bond motifs is 1. The molecule has 37 heavy (non-hydrogen) atoms. The number of nitrogens with zero attached hydrogens (tertiary/aromatic N) is 6. The highest BCUT2D eigenvalue weighted by Gasteiger charge is 2.41. The van der Waals surface area contributed by atoms with Gasteiger partial charge in [0, 0.05) is 44.3 Å². The van der Waals surface area contributed by atoms with Crippen LogP contribution in [0, 0.1) is 18.3 Å². The third kappa shape index (κ3) is 4.85. The Labute approximate surface area is 214 Å². The minimum atomic E-state index is -4.43.